The van der Waals surface area contributed by atoms with Gasteiger partial charge in [-0.25, -0.2) is 0 Å². The van der Waals surface area contributed by atoms with Crippen LogP contribution in [0.1, 0.15) is 24.3 Å². The van der Waals surface area contributed by atoms with Gasteiger partial charge in [0.15, 0.2) is 11.5 Å². The Hall–Kier alpha value is -0.870. The van der Waals surface area contributed by atoms with Crippen LogP contribution >= 0.6 is 11.8 Å². The van der Waals surface area contributed by atoms with Crippen molar-refractivity contribution < 1.29 is 9.47 Å². The molecule has 0 aromatic heterocycles. The molecule has 3 rings (SSSR count). The van der Waals surface area contributed by atoms with Gasteiger partial charge < -0.3 is 14.8 Å². The molecule has 0 aliphatic carbocycles. The van der Waals surface area contributed by atoms with Gasteiger partial charge in [0.25, 0.3) is 0 Å². The van der Waals surface area contributed by atoms with Gasteiger partial charge >= 0.3 is 0 Å². The molecule has 0 spiro atoms. The van der Waals surface area contributed by atoms with E-state index in [2.05, 4.69) is 17.4 Å². The van der Waals surface area contributed by atoms with Crippen molar-refractivity contribution in [3.05, 3.63) is 23.8 Å². The van der Waals surface area contributed by atoms with Crippen LogP contribution in [0.2, 0.25) is 0 Å². The third kappa shape index (κ3) is 2.84. The van der Waals surface area contributed by atoms with E-state index in [9.17, 15) is 0 Å². The van der Waals surface area contributed by atoms with Gasteiger partial charge in [0.2, 0.25) is 0 Å². The first-order valence-corrected chi connectivity index (χ1v) is 8.16. The van der Waals surface area contributed by atoms with Gasteiger partial charge in [0.05, 0.1) is 7.11 Å². The zero-order valence-electron chi connectivity index (χ0n) is 11.4. The molecule has 2 heterocycles. The zero-order valence-corrected chi connectivity index (χ0v) is 12.2. The fraction of sp³-hybridized carbons (Fsp3) is 0.600. The molecule has 3 nitrogen and oxygen atoms in total. The maximum absolute atomic E-state index is 6.19. The Labute approximate surface area is 119 Å². The molecule has 2 fully saturated rings. The first-order valence-electron chi connectivity index (χ1n) is 7.00. The second-order valence-electron chi connectivity index (χ2n) is 5.18. The van der Waals surface area contributed by atoms with Crippen LogP contribution in [-0.2, 0) is 0 Å². The standard InChI is InChI=1S/C15H21NO2S/c1-17-14-4-2-3-13(11-5-7-16-8-6-11)15(14)18-12-9-19-10-12/h2-4,11-12,16H,5-10H2,1H3. The van der Waals surface area contributed by atoms with Crippen molar-refractivity contribution in [2.45, 2.75) is 24.9 Å². The normalized spacial score (nSPS) is 20.9. The molecule has 0 bridgehead atoms. The SMILES string of the molecule is COc1cccc(C2CCNCC2)c1OC1CSC1. The number of thioether (sulfide) groups is 1. The molecular weight excluding hydrogens is 258 g/mol. The first-order chi connectivity index (χ1) is 9.38. The van der Waals surface area contributed by atoms with Crippen LogP contribution in [0.3, 0.4) is 0 Å². The minimum absolute atomic E-state index is 0.363. The summed E-state index contributed by atoms with van der Waals surface area (Å²) in [6.45, 7) is 2.20. The highest BCUT2D eigenvalue weighted by Gasteiger charge is 2.26. The van der Waals surface area contributed by atoms with Crippen LogP contribution in [0.4, 0.5) is 0 Å². The van der Waals surface area contributed by atoms with E-state index in [1.165, 1.54) is 18.4 Å². The van der Waals surface area contributed by atoms with Crippen molar-refractivity contribution in [1.82, 2.24) is 5.32 Å². The van der Waals surface area contributed by atoms with Gasteiger partial charge in [-0.2, -0.15) is 11.8 Å². The maximum Gasteiger partial charge on any atom is 0.165 e. The van der Waals surface area contributed by atoms with Gasteiger partial charge in [-0.05, 0) is 37.9 Å². The van der Waals surface area contributed by atoms with E-state index < -0.39 is 0 Å². The molecule has 0 amide bonds. The summed E-state index contributed by atoms with van der Waals surface area (Å²) in [5.74, 6) is 4.67. The zero-order chi connectivity index (χ0) is 13.1. The Bertz CT molecular complexity index is 428. The number of nitrogens with one attached hydrogen (secondary N) is 1. The summed E-state index contributed by atoms with van der Waals surface area (Å²) in [7, 11) is 1.73. The molecule has 1 N–H and O–H groups in total. The summed E-state index contributed by atoms with van der Waals surface area (Å²) in [5, 5.41) is 3.42. The van der Waals surface area contributed by atoms with Crippen LogP contribution in [0.25, 0.3) is 0 Å². The highest BCUT2D eigenvalue weighted by Crippen LogP contribution is 2.40. The minimum atomic E-state index is 0.363. The molecular formula is C15H21NO2S. The van der Waals surface area contributed by atoms with Crippen molar-refractivity contribution in [2.24, 2.45) is 0 Å². The highest BCUT2D eigenvalue weighted by molar-refractivity contribution is 8.00. The third-order valence-corrected chi connectivity index (χ3v) is 5.12. The number of piperidine rings is 1. The van der Waals surface area contributed by atoms with Crippen LogP contribution in [0.5, 0.6) is 11.5 Å². The molecule has 2 aliphatic rings. The Morgan fingerprint density at radius 3 is 2.63 bits per heavy atom. The van der Waals surface area contributed by atoms with Crippen molar-refractivity contribution in [3.63, 3.8) is 0 Å². The lowest BCUT2D eigenvalue weighted by atomic mass is 9.89. The van der Waals surface area contributed by atoms with E-state index in [-0.39, 0.29) is 0 Å². The Morgan fingerprint density at radius 1 is 1.21 bits per heavy atom. The second kappa shape index (κ2) is 6.06. The molecule has 104 valence electrons. The number of hydrogen-bond donors (Lipinski definition) is 1. The number of methoxy groups -OCH3 is 1. The maximum atomic E-state index is 6.19. The largest absolute Gasteiger partial charge is 0.493 e. The summed E-state index contributed by atoms with van der Waals surface area (Å²) >= 11 is 1.94. The molecule has 19 heavy (non-hydrogen) atoms. The second-order valence-corrected chi connectivity index (χ2v) is 6.26. The Balaban J connectivity index is 1.87. The topological polar surface area (TPSA) is 30.5 Å². The lowest BCUT2D eigenvalue weighted by Crippen LogP contribution is -2.32. The molecule has 0 saturated carbocycles. The van der Waals surface area contributed by atoms with Crippen LogP contribution in [-0.4, -0.2) is 37.8 Å². The fourth-order valence-electron chi connectivity index (χ4n) is 2.72. The van der Waals surface area contributed by atoms with Gasteiger partial charge in [0, 0.05) is 17.1 Å². The summed E-state index contributed by atoms with van der Waals surface area (Å²) in [6, 6.07) is 6.30. The molecule has 0 atom stereocenters. The highest BCUT2D eigenvalue weighted by atomic mass is 32.2. The number of hydrogen-bond acceptors (Lipinski definition) is 4. The number of para-hydroxylation sites is 1. The summed E-state index contributed by atoms with van der Waals surface area (Å²) in [5.41, 5.74) is 1.33. The van der Waals surface area contributed by atoms with E-state index in [0.717, 1.165) is 36.1 Å². The monoisotopic (exact) mass is 279 g/mol. The predicted octanol–water partition coefficient (Wildman–Crippen LogP) is 2.66. The molecule has 1 aromatic rings. The summed E-state index contributed by atoms with van der Waals surface area (Å²) in [6.07, 6.45) is 2.73. The van der Waals surface area contributed by atoms with E-state index >= 15 is 0 Å². The molecule has 1 aromatic carbocycles. The molecule has 2 saturated heterocycles. The van der Waals surface area contributed by atoms with Crippen molar-refractivity contribution in [1.29, 1.82) is 0 Å². The molecule has 4 heteroatoms. The predicted molar refractivity (Wildman–Crippen MR) is 79.6 cm³/mol. The smallest absolute Gasteiger partial charge is 0.165 e. The Morgan fingerprint density at radius 2 is 2.00 bits per heavy atom. The van der Waals surface area contributed by atoms with Gasteiger partial charge in [-0.15, -0.1) is 0 Å². The van der Waals surface area contributed by atoms with Crippen molar-refractivity contribution in [2.75, 3.05) is 31.7 Å². The number of benzene rings is 1. The van der Waals surface area contributed by atoms with Crippen LogP contribution in [0, 0.1) is 0 Å². The lowest BCUT2D eigenvalue weighted by molar-refractivity contribution is 0.223. The molecule has 0 radical (unpaired) electrons. The minimum Gasteiger partial charge on any atom is -0.493 e. The quantitative estimate of drug-likeness (QED) is 0.918. The van der Waals surface area contributed by atoms with Gasteiger partial charge in [0.1, 0.15) is 6.10 Å². The summed E-state index contributed by atoms with van der Waals surface area (Å²) < 4.78 is 11.7. The van der Waals surface area contributed by atoms with Crippen molar-refractivity contribution >= 4 is 11.8 Å². The average molecular weight is 279 g/mol. The summed E-state index contributed by atoms with van der Waals surface area (Å²) in [4.78, 5) is 0. The first kappa shape index (κ1) is 13.1. The van der Waals surface area contributed by atoms with E-state index in [0.29, 0.717) is 12.0 Å². The molecule has 0 unspecified atom stereocenters. The van der Waals surface area contributed by atoms with Crippen LogP contribution < -0.4 is 14.8 Å². The fourth-order valence-corrected chi connectivity index (χ4v) is 3.29. The van der Waals surface area contributed by atoms with Crippen molar-refractivity contribution in [3.8, 4) is 11.5 Å². The van der Waals surface area contributed by atoms with E-state index in [1.807, 2.05) is 17.8 Å². The van der Waals surface area contributed by atoms with Gasteiger partial charge in [-0.1, -0.05) is 12.1 Å². The number of ether oxygens (including phenoxy) is 2. The van der Waals surface area contributed by atoms with E-state index in [4.69, 9.17) is 9.47 Å². The average Bonchev–Trinajstić information content (AvgIpc) is 2.43. The lowest BCUT2D eigenvalue weighted by Gasteiger charge is -2.30. The Kier molecular flexibility index (Phi) is 4.18. The van der Waals surface area contributed by atoms with Gasteiger partial charge in [-0.3, -0.25) is 0 Å². The third-order valence-electron chi connectivity index (χ3n) is 3.90. The van der Waals surface area contributed by atoms with E-state index in [1.54, 1.807) is 7.11 Å². The number of rotatable bonds is 4. The van der Waals surface area contributed by atoms with Crippen LogP contribution in [0.15, 0.2) is 18.2 Å². The molecule has 2 aliphatic heterocycles.